The number of piperidine rings is 1. The minimum atomic E-state index is -4.76. The standard InChI is InChI=1S/C19H23F6NO2.C7H5F3/c1-2-4-15(17(27)28)12-5-3-8-26(10-12)11-13-9-14(18(20,21)22)6-7-16(13)19(23,24)25;8-7(9,10)6-4-2-1-3-5-6/h6-7,9,12,15H,2-5,8,10-11H2,1H3,(H,27,28);1-5H. The van der Waals surface area contributed by atoms with Crippen molar-refractivity contribution in [3.05, 3.63) is 70.8 Å². The molecule has 0 bridgehead atoms. The maximum atomic E-state index is 13.3. The molecule has 2 atom stereocenters. The Kier molecular flexibility index (Phi) is 10.6. The second-order valence-electron chi connectivity index (χ2n) is 9.10. The van der Waals surface area contributed by atoms with E-state index in [1.807, 2.05) is 6.92 Å². The number of aliphatic carboxylic acids is 1. The van der Waals surface area contributed by atoms with Crippen LogP contribution in [0.25, 0.3) is 0 Å². The highest BCUT2D eigenvalue weighted by Crippen LogP contribution is 2.38. The Balaban J connectivity index is 0.000000423. The topological polar surface area (TPSA) is 40.5 Å². The first-order valence-electron chi connectivity index (χ1n) is 11.9. The van der Waals surface area contributed by atoms with E-state index in [0.717, 1.165) is 12.1 Å². The summed E-state index contributed by atoms with van der Waals surface area (Å²) in [6.07, 6.45) is -11.3. The van der Waals surface area contributed by atoms with Gasteiger partial charge < -0.3 is 5.11 Å². The van der Waals surface area contributed by atoms with Crippen LogP contribution in [-0.4, -0.2) is 29.1 Å². The predicted molar refractivity (Wildman–Crippen MR) is 122 cm³/mol. The average molecular weight is 557 g/mol. The van der Waals surface area contributed by atoms with Crippen molar-refractivity contribution in [3.8, 4) is 0 Å². The smallest absolute Gasteiger partial charge is 0.416 e. The van der Waals surface area contributed by atoms with E-state index >= 15 is 0 Å². The number of rotatable bonds is 6. The summed E-state index contributed by atoms with van der Waals surface area (Å²) < 4.78 is 114. The van der Waals surface area contributed by atoms with E-state index in [2.05, 4.69) is 0 Å². The summed E-state index contributed by atoms with van der Waals surface area (Å²) in [7, 11) is 0. The van der Waals surface area contributed by atoms with Crippen LogP contribution in [0.4, 0.5) is 39.5 Å². The molecule has 3 nitrogen and oxygen atoms in total. The lowest BCUT2D eigenvalue weighted by Crippen LogP contribution is -2.40. The summed E-state index contributed by atoms with van der Waals surface area (Å²) >= 11 is 0. The molecule has 1 saturated heterocycles. The third-order valence-electron chi connectivity index (χ3n) is 6.26. The molecular weight excluding hydrogens is 529 g/mol. The van der Waals surface area contributed by atoms with E-state index in [1.165, 1.54) is 12.1 Å². The van der Waals surface area contributed by atoms with Gasteiger partial charge in [-0.25, -0.2) is 0 Å². The van der Waals surface area contributed by atoms with Gasteiger partial charge in [-0.05, 0) is 55.5 Å². The van der Waals surface area contributed by atoms with Gasteiger partial charge in [0.25, 0.3) is 0 Å². The molecule has 38 heavy (non-hydrogen) atoms. The van der Waals surface area contributed by atoms with Gasteiger partial charge in [0.1, 0.15) is 0 Å². The van der Waals surface area contributed by atoms with Crippen LogP contribution in [0, 0.1) is 11.8 Å². The van der Waals surface area contributed by atoms with Crippen molar-refractivity contribution in [2.75, 3.05) is 13.1 Å². The first-order valence-corrected chi connectivity index (χ1v) is 11.9. The number of nitrogens with zero attached hydrogens (tertiary/aromatic N) is 1. The molecule has 1 N–H and O–H groups in total. The van der Waals surface area contributed by atoms with E-state index in [0.29, 0.717) is 50.4 Å². The van der Waals surface area contributed by atoms with Gasteiger partial charge in [-0.15, -0.1) is 0 Å². The molecule has 3 rings (SSSR count). The van der Waals surface area contributed by atoms with Gasteiger partial charge >= 0.3 is 24.5 Å². The average Bonchev–Trinajstić information content (AvgIpc) is 2.81. The first kappa shape index (κ1) is 31.5. The molecule has 0 aliphatic carbocycles. The highest BCUT2D eigenvalue weighted by atomic mass is 19.4. The fourth-order valence-corrected chi connectivity index (χ4v) is 4.48. The Morgan fingerprint density at radius 3 is 2.00 bits per heavy atom. The van der Waals surface area contributed by atoms with Crippen molar-refractivity contribution < 1.29 is 49.4 Å². The molecule has 2 unspecified atom stereocenters. The normalized spacial score (nSPS) is 17.9. The second kappa shape index (κ2) is 12.9. The lowest BCUT2D eigenvalue weighted by molar-refractivity contribution is -0.145. The summed E-state index contributed by atoms with van der Waals surface area (Å²) in [5.41, 5.74) is -3.26. The monoisotopic (exact) mass is 557 g/mol. The van der Waals surface area contributed by atoms with Gasteiger partial charge in [0.2, 0.25) is 0 Å². The Morgan fingerprint density at radius 1 is 0.921 bits per heavy atom. The molecule has 2 aromatic rings. The van der Waals surface area contributed by atoms with Crippen molar-refractivity contribution in [1.29, 1.82) is 0 Å². The van der Waals surface area contributed by atoms with Crippen LogP contribution in [0.3, 0.4) is 0 Å². The van der Waals surface area contributed by atoms with Crippen molar-refractivity contribution >= 4 is 5.97 Å². The number of benzene rings is 2. The minimum absolute atomic E-state index is 0.230. The highest BCUT2D eigenvalue weighted by molar-refractivity contribution is 5.70. The summed E-state index contributed by atoms with van der Waals surface area (Å²) in [5.74, 6) is -1.77. The van der Waals surface area contributed by atoms with Gasteiger partial charge in [-0.1, -0.05) is 43.7 Å². The van der Waals surface area contributed by atoms with Gasteiger partial charge in [0, 0.05) is 13.1 Å². The summed E-state index contributed by atoms with van der Waals surface area (Å²) in [6, 6.07) is 7.82. The van der Waals surface area contributed by atoms with Crippen LogP contribution in [-0.2, 0) is 29.9 Å². The molecular formula is C26H28F9NO2. The summed E-state index contributed by atoms with van der Waals surface area (Å²) in [5, 5.41) is 9.42. The number of carbonyl (C=O) groups is 1. The minimum Gasteiger partial charge on any atom is -0.481 e. The van der Waals surface area contributed by atoms with Crippen molar-refractivity contribution in [1.82, 2.24) is 4.90 Å². The molecule has 1 aliphatic heterocycles. The Labute approximate surface area is 214 Å². The molecule has 0 aromatic heterocycles. The number of hydrogen-bond donors (Lipinski definition) is 1. The molecule has 0 spiro atoms. The zero-order valence-corrected chi connectivity index (χ0v) is 20.4. The lowest BCUT2D eigenvalue weighted by atomic mass is 9.82. The third-order valence-corrected chi connectivity index (χ3v) is 6.26. The number of carboxylic acids is 1. The number of hydrogen-bond acceptors (Lipinski definition) is 2. The quantitative estimate of drug-likeness (QED) is 0.365. The van der Waals surface area contributed by atoms with E-state index in [-0.39, 0.29) is 19.0 Å². The van der Waals surface area contributed by atoms with Gasteiger partial charge in [0.05, 0.1) is 22.6 Å². The van der Waals surface area contributed by atoms with Crippen LogP contribution in [0.1, 0.15) is 54.9 Å². The maximum absolute atomic E-state index is 13.3. The first-order chi connectivity index (χ1) is 17.5. The number of halogens is 9. The Bertz CT molecular complexity index is 1030. The van der Waals surface area contributed by atoms with E-state index in [1.54, 1.807) is 11.0 Å². The van der Waals surface area contributed by atoms with Crippen LogP contribution in [0.5, 0.6) is 0 Å². The molecule has 1 aliphatic rings. The maximum Gasteiger partial charge on any atom is 0.416 e. The van der Waals surface area contributed by atoms with Gasteiger partial charge in [-0.3, -0.25) is 9.69 Å². The number of carboxylic acid groups (broad SMARTS) is 1. The largest absolute Gasteiger partial charge is 0.481 e. The second-order valence-corrected chi connectivity index (χ2v) is 9.10. The summed E-state index contributed by atoms with van der Waals surface area (Å²) in [6.45, 7) is 2.23. The highest BCUT2D eigenvalue weighted by Gasteiger charge is 2.38. The molecule has 0 amide bonds. The molecule has 2 aromatic carbocycles. The van der Waals surface area contributed by atoms with Crippen molar-refractivity contribution in [2.24, 2.45) is 11.8 Å². The van der Waals surface area contributed by atoms with E-state index in [9.17, 15) is 49.4 Å². The molecule has 0 saturated carbocycles. The predicted octanol–water partition coefficient (Wildman–Crippen LogP) is 8.14. The molecule has 0 radical (unpaired) electrons. The van der Waals surface area contributed by atoms with E-state index in [4.69, 9.17) is 0 Å². The molecule has 1 heterocycles. The molecule has 212 valence electrons. The Morgan fingerprint density at radius 2 is 1.53 bits per heavy atom. The van der Waals surface area contributed by atoms with Crippen LogP contribution in [0.2, 0.25) is 0 Å². The summed E-state index contributed by atoms with van der Waals surface area (Å²) in [4.78, 5) is 13.1. The van der Waals surface area contributed by atoms with Crippen molar-refractivity contribution in [2.45, 2.75) is 57.7 Å². The van der Waals surface area contributed by atoms with E-state index < -0.39 is 52.7 Å². The van der Waals surface area contributed by atoms with Crippen LogP contribution < -0.4 is 0 Å². The fraction of sp³-hybridized carbons (Fsp3) is 0.500. The number of alkyl halides is 9. The van der Waals surface area contributed by atoms with Crippen LogP contribution in [0.15, 0.2) is 48.5 Å². The van der Waals surface area contributed by atoms with Gasteiger partial charge in [0.15, 0.2) is 0 Å². The zero-order valence-electron chi connectivity index (χ0n) is 20.4. The third kappa shape index (κ3) is 9.21. The SMILES string of the molecule is CCCC(C(=O)O)C1CCCN(Cc2cc(C(F)(F)F)ccc2C(F)(F)F)C1.FC(F)(F)c1ccccc1. The van der Waals surface area contributed by atoms with Crippen molar-refractivity contribution in [3.63, 3.8) is 0 Å². The molecule has 12 heteroatoms. The number of likely N-dealkylation sites (tertiary alicyclic amines) is 1. The van der Waals surface area contributed by atoms with Gasteiger partial charge in [-0.2, -0.15) is 39.5 Å². The Hall–Kier alpha value is -2.76. The zero-order chi connectivity index (χ0) is 28.7. The lowest BCUT2D eigenvalue weighted by Gasteiger charge is -2.36. The fourth-order valence-electron chi connectivity index (χ4n) is 4.48. The van der Waals surface area contributed by atoms with Crippen LogP contribution >= 0.6 is 0 Å². The molecule has 1 fully saturated rings.